The van der Waals surface area contributed by atoms with Crippen LogP contribution in [0.1, 0.15) is 57.6 Å². The van der Waals surface area contributed by atoms with Crippen LogP contribution in [-0.2, 0) is 11.0 Å². The van der Waals surface area contributed by atoms with Gasteiger partial charge in [0.2, 0.25) is 0 Å². The first-order valence-corrected chi connectivity index (χ1v) is 6.85. The number of hydrogen-bond donors (Lipinski definition) is 1. The molecule has 0 spiro atoms. The Kier molecular flexibility index (Phi) is 3.41. The van der Waals surface area contributed by atoms with Gasteiger partial charge >= 0.3 is 0 Å². The fourth-order valence-electron chi connectivity index (χ4n) is 3.01. The number of para-hydroxylation sites is 1. The van der Waals surface area contributed by atoms with E-state index >= 15 is 0 Å². The molecule has 0 aliphatic heterocycles. The second kappa shape index (κ2) is 4.58. The van der Waals surface area contributed by atoms with Crippen LogP contribution in [0.5, 0.6) is 5.75 Å². The van der Waals surface area contributed by atoms with E-state index in [1.165, 1.54) is 24.0 Å². The quantitative estimate of drug-likeness (QED) is 0.864. The summed E-state index contributed by atoms with van der Waals surface area (Å²) in [5.41, 5.74) is 8.92. The van der Waals surface area contributed by atoms with Gasteiger partial charge in [0, 0.05) is 11.1 Å². The Hall–Kier alpha value is -1.02. The van der Waals surface area contributed by atoms with Crippen LogP contribution in [0.4, 0.5) is 0 Å². The molecule has 0 unspecified atom stereocenters. The molecule has 1 aromatic carbocycles. The van der Waals surface area contributed by atoms with E-state index in [2.05, 4.69) is 39.0 Å². The van der Waals surface area contributed by atoms with Crippen molar-refractivity contribution >= 4 is 0 Å². The molecule has 0 amide bonds. The summed E-state index contributed by atoms with van der Waals surface area (Å²) < 4.78 is 5.70. The van der Waals surface area contributed by atoms with Crippen molar-refractivity contribution in [1.29, 1.82) is 0 Å². The van der Waals surface area contributed by atoms with Gasteiger partial charge in [-0.3, -0.25) is 0 Å². The van der Waals surface area contributed by atoms with Gasteiger partial charge in [0.25, 0.3) is 0 Å². The summed E-state index contributed by atoms with van der Waals surface area (Å²) in [6.45, 7) is 6.64. The Morgan fingerprint density at radius 2 is 1.78 bits per heavy atom. The predicted molar refractivity (Wildman–Crippen MR) is 76.0 cm³/mol. The Balaban J connectivity index is 2.55. The summed E-state index contributed by atoms with van der Waals surface area (Å²) in [6.07, 6.45) is 4.58. The Morgan fingerprint density at radius 3 is 2.28 bits per heavy atom. The van der Waals surface area contributed by atoms with Crippen LogP contribution < -0.4 is 10.5 Å². The number of nitrogens with two attached hydrogens (primary N) is 1. The number of rotatable bonds is 2. The highest BCUT2D eigenvalue weighted by atomic mass is 16.5. The van der Waals surface area contributed by atoms with Crippen molar-refractivity contribution in [3.63, 3.8) is 0 Å². The van der Waals surface area contributed by atoms with E-state index in [4.69, 9.17) is 10.5 Å². The molecule has 1 fully saturated rings. The van der Waals surface area contributed by atoms with E-state index in [9.17, 15) is 0 Å². The van der Waals surface area contributed by atoms with Gasteiger partial charge in [0.1, 0.15) is 5.75 Å². The van der Waals surface area contributed by atoms with Gasteiger partial charge in [0.15, 0.2) is 0 Å². The molecule has 2 N–H and O–H groups in total. The van der Waals surface area contributed by atoms with Crippen molar-refractivity contribution in [2.75, 3.05) is 7.11 Å². The molecule has 2 rings (SSSR count). The molecule has 0 saturated heterocycles. The summed E-state index contributed by atoms with van der Waals surface area (Å²) in [7, 11) is 1.76. The first kappa shape index (κ1) is 13.4. The third-order valence-corrected chi connectivity index (χ3v) is 4.06. The average Bonchev–Trinajstić information content (AvgIpc) is 2.75. The number of benzene rings is 1. The fraction of sp³-hybridized carbons (Fsp3) is 0.625. The van der Waals surface area contributed by atoms with Gasteiger partial charge in [-0.05, 0) is 23.8 Å². The van der Waals surface area contributed by atoms with Crippen LogP contribution >= 0.6 is 0 Å². The molecule has 1 aromatic rings. The maximum atomic E-state index is 6.59. The lowest BCUT2D eigenvalue weighted by atomic mass is 9.80. The predicted octanol–water partition coefficient (Wildman–Crippen LogP) is 3.72. The van der Waals surface area contributed by atoms with Crippen LogP contribution in [0.25, 0.3) is 0 Å². The molecule has 0 bridgehead atoms. The summed E-state index contributed by atoms with van der Waals surface area (Å²) in [4.78, 5) is 0. The van der Waals surface area contributed by atoms with Crippen molar-refractivity contribution in [2.24, 2.45) is 5.73 Å². The normalized spacial score (nSPS) is 18.9. The topological polar surface area (TPSA) is 35.2 Å². The second-order valence-corrected chi connectivity index (χ2v) is 6.50. The molecular formula is C16H25NO. The molecule has 100 valence electrons. The van der Waals surface area contributed by atoms with E-state index in [-0.39, 0.29) is 11.0 Å². The second-order valence-electron chi connectivity index (χ2n) is 6.50. The number of methoxy groups -OCH3 is 1. The molecular weight excluding hydrogens is 222 g/mol. The van der Waals surface area contributed by atoms with Gasteiger partial charge in [-0.25, -0.2) is 0 Å². The number of hydrogen-bond acceptors (Lipinski definition) is 2. The fourth-order valence-corrected chi connectivity index (χ4v) is 3.01. The zero-order chi connectivity index (χ0) is 13.4. The van der Waals surface area contributed by atoms with Gasteiger partial charge in [0.05, 0.1) is 7.11 Å². The maximum Gasteiger partial charge on any atom is 0.127 e. The third-order valence-electron chi connectivity index (χ3n) is 4.06. The summed E-state index contributed by atoms with van der Waals surface area (Å²) in [6, 6.07) is 6.41. The van der Waals surface area contributed by atoms with E-state index in [0.29, 0.717) is 0 Å². The Morgan fingerprint density at radius 1 is 1.17 bits per heavy atom. The molecule has 1 aliphatic rings. The van der Waals surface area contributed by atoms with E-state index < -0.39 is 0 Å². The van der Waals surface area contributed by atoms with E-state index in [1.807, 2.05) is 0 Å². The molecule has 1 aliphatic carbocycles. The zero-order valence-corrected chi connectivity index (χ0v) is 12.0. The minimum absolute atomic E-state index is 0.0797. The smallest absolute Gasteiger partial charge is 0.127 e. The monoisotopic (exact) mass is 247 g/mol. The molecule has 0 radical (unpaired) electrons. The minimum Gasteiger partial charge on any atom is -0.496 e. The zero-order valence-electron chi connectivity index (χ0n) is 12.0. The van der Waals surface area contributed by atoms with Crippen LogP contribution in [0.15, 0.2) is 18.2 Å². The van der Waals surface area contributed by atoms with Crippen molar-refractivity contribution in [2.45, 2.75) is 57.4 Å². The van der Waals surface area contributed by atoms with E-state index in [1.54, 1.807) is 7.11 Å². The molecule has 0 aromatic heterocycles. The lowest BCUT2D eigenvalue weighted by Crippen LogP contribution is -2.34. The summed E-state index contributed by atoms with van der Waals surface area (Å²) in [5, 5.41) is 0. The van der Waals surface area contributed by atoms with Gasteiger partial charge < -0.3 is 10.5 Å². The lowest BCUT2D eigenvalue weighted by Gasteiger charge is -2.30. The highest BCUT2D eigenvalue weighted by Crippen LogP contribution is 2.44. The average molecular weight is 247 g/mol. The third kappa shape index (κ3) is 2.26. The van der Waals surface area contributed by atoms with Crippen LogP contribution in [0.2, 0.25) is 0 Å². The van der Waals surface area contributed by atoms with Crippen molar-refractivity contribution in [1.82, 2.24) is 0 Å². The summed E-state index contributed by atoms with van der Waals surface area (Å²) >= 11 is 0. The highest BCUT2D eigenvalue weighted by Gasteiger charge is 2.35. The van der Waals surface area contributed by atoms with Gasteiger partial charge in [-0.15, -0.1) is 0 Å². The minimum atomic E-state index is -0.188. The first-order valence-electron chi connectivity index (χ1n) is 6.85. The van der Waals surface area contributed by atoms with E-state index in [0.717, 1.165) is 18.6 Å². The maximum absolute atomic E-state index is 6.59. The molecule has 1 saturated carbocycles. The summed E-state index contributed by atoms with van der Waals surface area (Å²) in [5.74, 6) is 0.995. The first-order chi connectivity index (χ1) is 8.38. The molecule has 0 heterocycles. The van der Waals surface area contributed by atoms with Crippen molar-refractivity contribution < 1.29 is 4.74 Å². The lowest BCUT2D eigenvalue weighted by molar-refractivity contribution is 0.366. The van der Waals surface area contributed by atoms with Crippen LogP contribution in [-0.4, -0.2) is 7.11 Å². The SMILES string of the molecule is COc1c(C(C)(C)C)cccc1C1(N)CCCC1. The Bertz CT molecular complexity index is 425. The molecule has 2 nitrogen and oxygen atoms in total. The van der Waals surface area contributed by atoms with Crippen molar-refractivity contribution in [3.05, 3.63) is 29.3 Å². The standard InChI is InChI=1S/C16H25NO/c1-15(2,3)12-8-7-9-13(14(12)18-4)16(17)10-5-6-11-16/h7-9H,5-6,10-11,17H2,1-4H3. The molecule has 18 heavy (non-hydrogen) atoms. The van der Waals surface area contributed by atoms with Gasteiger partial charge in [-0.1, -0.05) is 51.8 Å². The highest BCUT2D eigenvalue weighted by molar-refractivity contribution is 5.48. The number of ether oxygens (including phenoxy) is 1. The van der Waals surface area contributed by atoms with Crippen LogP contribution in [0, 0.1) is 0 Å². The van der Waals surface area contributed by atoms with Crippen molar-refractivity contribution in [3.8, 4) is 5.75 Å². The molecule has 2 heteroatoms. The Labute approximate surface area is 111 Å². The largest absolute Gasteiger partial charge is 0.496 e. The van der Waals surface area contributed by atoms with Gasteiger partial charge in [-0.2, -0.15) is 0 Å². The van der Waals surface area contributed by atoms with Crippen LogP contribution in [0.3, 0.4) is 0 Å². The molecule has 0 atom stereocenters.